The number of carbonyl (C=O) groups is 1. The van der Waals surface area contributed by atoms with Crippen LogP contribution in [0, 0.1) is 0 Å². The van der Waals surface area contributed by atoms with Crippen molar-refractivity contribution in [1.82, 2.24) is 10.2 Å². The molecule has 116 valence electrons. The van der Waals surface area contributed by atoms with E-state index in [1.54, 1.807) is 11.3 Å². The van der Waals surface area contributed by atoms with Gasteiger partial charge in [0.1, 0.15) is 6.17 Å². The summed E-state index contributed by atoms with van der Waals surface area (Å²) < 4.78 is 0. The van der Waals surface area contributed by atoms with Crippen LogP contribution < -0.4 is 5.32 Å². The van der Waals surface area contributed by atoms with Gasteiger partial charge in [0.15, 0.2) is 0 Å². The average molecular weight is 325 g/mol. The van der Waals surface area contributed by atoms with E-state index in [4.69, 9.17) is 0 Å². The van der Waals surface area contributed by atoms with E-state index in [0.717, 1.165) is 25.8 Å². The van der Waals surface area contributed by atoms with Gasteiger partial charge in [-0.25, -0.2) is 0 Å². The van der Waals surface area contributed by atoms with Gasteiger partial charge in [-0.15, -0.1) is 0 Å². The zero-order chi connectivity index (χ0) is 14.7. The first-order valence-corrected chi connectivity index (χ1v) is 10.2. The number of carbonyl (C=O) groups excluding carboxylic acids is 1. The average Bonchev–Trinajstić information content (AvgIpc) is 3.21. The third kappa shape index (κ3) is 3.01. The second-order valence-corrected chi connectivity index (χ2v) is 7.86. The number of nitrogens with zero attached hydrogens (tertiary/aromatic N) is 1. The lowest BCUT2D eigenvalue weighted by Gasteiger charge is -2.23. The summed E-state index contributed by atoms with van der Waals surface area (Å²) in [5.74, 6) is 1.53. The Hall–Kier alpha value is -0.520. The summed E-state index contributed by atoms with van der Waals surface area (Å²) in [5, 5.41) is 7.97. The molecule has 1 aromatic rings. The van der Waals surface area contributed by atoms with Crippen molar-refractivity contribution in [2.75, 3.05) is 18.6 Å². The first kappa shape index (κ1) is 15.4. The number of nitrogens with one attached hydrogen (secondary N) is 1. The molecule has 1 saturated heterocycles. The molecule has 1 aliphatic heterocycles. The van der Waals surface area contributed by atoms with Crippen LogP contribution in [0.1, 0.15) is 50.3 Å². The van der Waals surface area contributed by atoms with Crippen molar-refractivity contribution in [1.29, 1.82) is 0 Å². The molecule has 0 aromatic carbocycles. The smallest absolute Gasteiger partial charge is 0.244 e. The van der Waals surface area contributed by atoms with Crippen LogP contribution >= 0.6 is 23.1 Å². The van der Waals surface area contributed by atoms with E-state index >= 15 is 0 Å². The summed E-state index contributed by atoms with van der Waals surface area (Å²) in [6.45, 7) is 0.884. The Bertz CT molecular complexity index is 469. The first-order chi connectivity index (χ1) is 10.3. The van der Waals surface area contributed by atoms with Gasteiger partial charge in [-0.05, 0) is 60.1 Å². The summed E-state index contributed by atoms with van der Waals surface area (Å²) in [6, 6.07) is 2.15. The van der Waals surface area contributed by atoms with E-state index in [1.165, 1.54) is 30.6 Å². The molecule has 1 saturated carbocycles. The molecule has 0 bridgehead atoms. The molecule has 1 N–H and O–H groups in total. The lowest BCUT2D eigenvalue weighted by Crippen LogP contribution is -2.44. The number of thioether (sulfide) groups is 1. The number of rotatable bonds is 6. The molecule has 1 aromatic heterocycles. The quantitative estimate of drug-likeness (QED) is 0.811. The van der Waals surface area contributed by atoms with Crippen LogP contribution in [-0.2, 0) is 4.79 Å². The van der Waals surface area contributed by atoms with Gasteiger partial charge in [-0.3, -0.25) is 10.1 Å². The summed E-state index contributed by atoms with van der Waals surface area (Å²) in [5.41, 5.74) is 0.994. The van der Waals surface area contributed by atoms with Gasteiger partial charge >= 0.3 is 0 Å². The van der Waals surface area contributed by atoms with Crippen LogP contribution in [0.5, 0.6) is 0 Å². The van der Waals surface area contributed by atoms with Crippen LogP contribution in [0.3, 0.4) is 0 Å². The maximum absolute atomic E-state index is 13.0. The second kappa shape index (κ2) is 6.71. The van der Waals surface area contributed by atoms with E-state index < -0.39 is 0 Å². The van der Waals surface area contributed by atoms with E-state index in [0.29, 0.717) is 5.91 Å². The fraction of sp³-hybridized carbons (Fsp3) is 0.688. The van der Waals surface area contributed by atoms with Crippen LogP contribution in [-0.4, -0.2) is 34.9 Å². The summed E-state index contributed by atoms with van der Waals surface area (Å²) in [4.78, 5) is 15.1. The molecule has 1 unspecified atom stereocenters. The van der Waals surface area contributed by atoms with E-state index in [9.17, 15) is 4.79 Å². The van der Waals surface area contributed by atoms with E-state index in [1.807, 2.05) is 11.8 Å². The minimum atomic E-state index is -0.258. The molecule has 2 fully saturated rings. The molecule has 2 heterocycles. The third-order valence-corrected chi connectivity index (χ3v) is 6.11. The molecule has 21 heavy (non-hydrogen) atoms. The molecule has 0 radical (unpaired) electrons. The molecule has 1 amide bonds. The van der Waals surface area contributed by atoms with Crippen molar-refractivity contribution >= 4 is 29.0 Å². The Balaban J connectivity index is 1.74. The fourth-order valence-corrected chi connectivity index (χ4v) is 4.75. The van der Waals surface area contributed by atoms with Crippen molar-refractivity contribution in [2.45, 2.75) is 50.2 Å². The number of hydrogen-bond donors (Lipinski definition) is 1. The lowest BCUT2D eigenvalue weighted by molar-refractivity contribution is -0.133. The zero-order valence-electron chi connectivity index (χ0n) is 12.6. The summed E-state index contributed by atoms with van der Waals surface area (Å²) >= 11 is 3.60. The van der Waals surface area contributed by atoms with Crippen LogP contribution in [0.4, 0.5) is 0 Å². The molecular formula is C16H24N2OS2. The predicted molar refractivity (Wildman–Crippen MR) is 90.7 cm³/mol. The molecule has 1 spiro atoms. The Morgan fingerprint density at radius 2 is 2.24 bits per heavy atom. The molecule has 3 nitrogen and oxygen atoms in total. The SMILES string of the molecule is CSCCCCN1C(=O)C2(CCCC2)NC1c1ccsc1. The minimum absolute atomic E-state index is 0.0936. The Morgan fingerprint density at radius 1 is 1.43 bits per heavy atom. The first-order valence-electron chi connectivity index (χ1n) is 7.87. The highest BCUT2D eigenvalue weighted by Crippen LogP contribution is 2.41. The van der Waals surface area contributed by atoms with Gasteiger partial charge in [0.25, 0.3) is 0 Å². The second-order valence-electron chi connectivity index (χ2n) is 6.09. The highest BCUT2D eigenvalue weighted by molar-refractivity contribution is 7.98. The molecule has 3 rings (SSSR count). The zero-order valence-corrected chi connectivity index (χ0v) is 14.3. The molecule has 1 atom stereocenters. The number of unbranched alkanes of at least 4 members (excludes halogenated alkanes) is 1. The van der Waals surface area contributed by atoms with Gasteiger partial charge in [0.05, 0.1) is 5.54 Å². The van der Waals surface area contributed by atoms with Crippen LogP contribution in [0.15, 0.2) is 16.8 Å². The summed E-state index contributed by atoms with van der Waals surface area (Å²) in [6.07, 6.45) is 8.90. The van der Waals surface area contributed by atoms with Gasteiger partial charge in [0.2, 0.25) is 5.91 Å². The maximum Gasteiger partial charge on any atom is 0.244 e. The highest BCUT2D eigenvalue weighted by Gasteiger charge is 2.52. The standard InChI is InChI=1S/C16H24N2OS2/c1-20-10-5-4-9-18-14(13-6-11-21-12-13)17-16(15(18)19)7-2-3-8-16/h6,11-12,14,17H,2-5,7-10H2,1H3. The predicted octanol–water partition coefficient (Wildman–Crippen LogP) is 3.63. The fourth-order valence-electron chi connectivity index (χ4n) is 3.58. The summed E-state index contributed by atoms with van der Waals surface area (Å²) in [7, 11) is 0. The van der Waals surface area contributed by atoms with E-state index in [2.05, 4.69) is 33.3 Å². The van der Waals surface area contributed by atoms with Gasteiger partial charge in [-0.2, -0.15) is 23.1 Å². The lowest BCUT2D eigenvalue weighted by atomic mass is 9.98. The van der Waals surface area contributed by atoms with Crippen LogP contribution in [0.25, 0.3) is 0 Å². The van der Waals surface area contributed by atoms with Crippen molar-refractivity contribution < 1.29 is 4.79 Å². The van der Waals surface area contributed by atoms with Gasteiger partial charge < -0.3 is 4.90 Å². The number of thiophene rings is 1. The molecule has 5 heteroatoms. The Morgan fingerprint density at radius 3 is 2.90 bits per heavy atom. The van der Waals surface area contributed by atoms with Crippen molar-refractivity contribution in [3.8, 4) is 0 Å². The van der Waals surface area contributed by atoms with Gasteiger partial charge in [0, 0.05) is 6.54 Å². The number of amides is 1. The molecular weight excluding hydrogens is 300 g/mol. The molecule has 2 aliphatic rings. The molecule has 1 aliphatic carbocycles. The van der Waals surface area contributed by atoms with Gasteiger partial charge in [-0.1, -0.05) is 12.8 Å². The Kier molecular flexibility index (Phi) is 4.92. The van der Waals surface area contributed by atoms with E-state index in [-0.39, 0.29) is 11.7 Å². The highest BCUT2D eigenvalue weighted by atomic mass is 32.2. The Labute approximate surface area is 135 Å². The van der Waals surface area contributed by atoms with Crippen LogP contribution in [0.2, 0.25) is 0 Å². The maximum atomic E-state index is 13.0. The van der Waals surface area contributed by atoms with Crippen molar-refractivity contribution in [2.24, 2.45) is 0 Å². The topological polar surface area (TPSA) is 32.3 Å². The third-order valence-electron chi connectivity index (χ3n) is 4.71. The van der Waals surface area contributed by atoms with Crippen molar-refractivity contribution in [3.05, 3.63) is 22.4 Å². The monoisotopic (exact) mass is 324 g/mol. The normalized spacial score (nSPS) is 24.3. The number of hydrogen-bond acceptors (Lipinski definition) is 4. The largest absolute Gasteiger partial charge is 0.321 e. The minimum Gasteiger partial charge on any atom is -0.321 e. The van der Waals surface area contributed by atoms with Crippen molar-refractivity contribution in [3.63, 3.8) is 0 Å².